The van der Waals surface area contributed by atoms with E-state index in [0.717, 1.165) is 11.8 Å². The Morgan fingerprint density at radius 3 is 2.77 bits per heavy atom. The molecule has 1 N–H and O–H groups in total. The van der Waals surface area contributed by atoms with Crippen LogP contribution in [-0.2, 0) is 4.79 Å². The molecule has 30 heavy (non-hydrogen) atoms. The summed E-state index contributed by atoms with van der Waals surface area (Å²) in [7, 11) is 0. The summed E-state index contributed by atoms with van der Waals surface area (Å²) in [5.74, 6) is -0.717. The van der Waals surface area contributed by atoms with Crippen LogP contribution in [0.2, 0.25) is 0 Å². The maximum absolute atomic E-state index is 13.7. The first kappa shape index (κ1) is 19.8. The minimum Gasteiger partial charge on any atom is -0.325 e. The van der Waals surface area contributed by atoms with E-state index in [-0.39, 0.29) is 23.0 Å². The van der Waals surface area contributed by atoms with Crippen molar-refractivity contribution < 1.29 is 9.18 Å². The number of carbonyl (C=O) groups is 1. The number of nitrogens with zero attached hydrogens (tertiary/aromatic N) is 3. The molecule has 2 aromatic carbocycles. The van der Waals surface area contributed by atoms with E-state index in [1.165, 1.54) is 10.6 Å². The van der Waals surface area contributed by atoms with Gasteiger partial charge in [0.2, 0.25) is 5.91 Å². The average molecular weight is 420 g/mol. The van der Waals surface area contributed by atoms with Crippen LogP contribution >= 0.6 is 11.8 Å². The van der Waals surface area contributed by atoms with E-state index in [2.05, 4.69) is 15.3 Å². The van der Waals surface area contributed by atoms with Crippen molar-refractivity contribution in [2.45, 2.75) is 12.1 Å². The minimum absolute atomic E-state index is 0.000534. The van der Waals surface area contributed by atoms with E-state index in [9.17, 15) is 14.0 Å². The number of rotatable bonds is 5. The molecule has 0 aliphatic carbocycles. The third-order valence-electron chi connectivity index (χ3n) is 4.44. The first-order valence-corrected chi connectivity index (χ1v) is 10.1. The number of aryl methyl sites for hydroxylation is 1. The quantitative estimate of drug-likeness (QED) is 0.391. The molecular formula is C22H17FN4O2S. The molecule has 0 bridgehead atoms. The van der Waals surface area contributed by atoms with Crippen molar-refractivity contribution in [3.63, 3.8) is 0 Å². The molecule has 2 aromatic heterocycles. The number of anilines is 1. The Kier molecular flexibility index (Phi) is 5.58. The number of hydrogen-bond acceptors (Lipinski definition) is 5. The van der Waals surface area contributed by atoms with Crippen LogP contribution < -0.4 is 10.9 Å². The number of benzene rings is 2. The maximum Gasteiger partial charge on any atom is 0.266 e. The first-order valence-electron chi connectivity index (χ1n) is 9.14. The summed E-state index contributed by atoms with van der Waals surface area (Å²) >= 11 is 1.12. The SMILES string of the molecule is Cc1ccc(NC(=O)CSc2nc3ccccc3c(=O)n2-c2cccnc2)cc1F. The van der Waals surface area contributed by atoms with Crippen LogP contribution in [0, 0.1) is 12.7 Å². The van der Waals surface area contributed by atoms with Crippen LogP contribution in [-0.4, -0.2) is 26.2 Å². The molecule has 4 rings (SSSR count). The van der Waals surface area contributed by atoms with Gasteiger partial charge < -0.3 is 5.32 Å². The van der Waals surface area contributed by atoms with Gasteiger partial charge in [-0.15, -0.1) is 0 Å². The third-order valence-corrected chi connectivity index (χ3v) is 5.38. The van der Waals surface area contributed by atoms with E-state index in [4.69, 9.17) is 0 Å². The summed E-state index contributed by atoms with van der Waals surface area (Å²) in [6.45, 7) is 1.65. The Hall–Kier alpha value is -3.52. The highest BCUT2D eigenvalue weighted by atomic mass is 32.2. The smallest absolute Gasteiger partial charge is 0.266 e. The number of carbonyl (C=O) groups excluding carboxylic acids is 1. The molecule has 150 valence electrons. The molecule has 0 radical (unpaired) electrons. The Morgan fingerprint density at radius 1 is 1.17 bits per heavy atom. The molecule has 8 heteroatoms. The molecule has 6 nitrogen and oxygen atoms in total. The summed E-state index contributed by atoms with van der Waals surface area (Å²) < 4.78 is 15.1. The molecule has 0 saturated heterocycles. The predicted molar refractivity (Wildman–Crippen MR) is 116 cm³/mol. The molecule has 0 spiro atoms. The van der Waals surface area contributed by atoms with Crippen molar-refractivity contribution in [1.29, 1.82) is 0 Å². The average Bonchev–Trinajstić information content (AvgIpc) is 2.75. The normalized spacial score (nSPS) is 10.9. The van der Waals surface area contributed by atoms with Gasteiger partial charge >= 0.3 is 0 Å². The summed E-state index contributed by atoms with van der Waals surface area (Å²) in [5, 5.41) is 3.51. The fraction of sp³-hybridized carbons (Fsp3) is 0.0909. The van der Waals surface area contributed by atoms with E-state index in [1.54, 1.807) is 67.8 Å². The first-order chi connectivity index (χ1) is 14.5. The van der Waals surface area contributed by atoms with Crippen LogP contribution in [0.1, 0.15) is 5.56 Å². The van der Waals surface area contributed by atoms with Crippen LogP contribution in [0.3, 0.4) is 0 Å². The molecule has 0 fully saturated rings. The van der Waals surface area contributed by atoms with Crippen molar-refractivity contribution >= 4 is 34.3 Å². The van der Waals surface area contributed by atoms with Gasteiger partial charge in [0.1, 0.15) is 5.82 Å². The number of amides is 1. The zero-order chi connectivity index (χ0) is 21.1. The molecule has 2 heterocycles. The predicted octanol–water partition coefficient (Wildman–Crippen LogP) is 3.96. The standard InChI is InChI=1S/C22H17FN4O2S/c1-14-8-9-15(11-18(14)23)25-20(28)13-30-22-26-19-7-3-2-6-17(19)21(29)27(22)16-5-4-10-24-12-16/h2-12H,13H2,1H3,(H,25,28). The van der Waals surface area contributed by atoms with Gasteiger partial charge in [0.05, 0.1) is 28.5 Å². The van der Waals surface area contributed by atoms with Crippen LogP contribution in [0.4, 0.5) is 10.1 Å². The molecule has 1 amide bonds. The van der Waals surface area contributed by atoms with Crippen LogP contribution in [0.5, 0.6) is 0 Å². The number of halogens is 1. The summed E-state index contributed by atoms with van der Waals surface area (Å²) in [6.07, 6.45) is 3.18. The molecular weight excluding hydrogens is 403 g/mol. The largest absolute Gasteiger partial charge is 0.325 e. The second-order valence-corrected chi connectivity index (χ2v) is 7.51. The number of para-hydroxylation sites is 1. The third kappa shape index (κ3) is 4.08. The van der Waals surface area contributed by atoms with Gasteiger partial charge in [0, 0.05) is 11.9 Å². The highest BCUT2D eigenvalue weighted by Gasteiger charge is 2.15. The number of fused-ring (bicyclic) bond motifs is 1. The Morgan fingerprint density at radius 2 is 2.00 bits per heavy atom. The Bertz CT molecular complexity index is 1290. The van der Waals surface area contributed by atoms with Gasteiger partial charge in [0.15, 0.2) is 5.16 Å². The lowest BCUT2D eigenvalue weighted by Gasteiger charge is -2.13. The monoisotopic (exact) mass is 420 g/mol. The van der Waals surface area contributed by atoms with E-state index < -0.39 is 0 Å². The molecule has 0 unspecified atom stereocenters. The van der Waals surface area contributed by atoms with Gasteiger partial charge in [0.25, 0.3) is 5.56 Å². The maximum atomic E-state index is 13.7. The lowest BCUT2D eigenvalue weighted by Crippen LogP contribution is -2.23. The molecule has 0 saturated carbocycles. The van der Waals surface area contributed by atoms with Crippen molar-refractivity contribution in [3.8, 4) is 5.69 Å². The summed E-state index contributed by atoms with van der Waals surface area (Å²) in [6, 6.07) is 15.0. The molecule has 0 atom stereocenters. The van der Waals surface area contributed by atoms with Crippen molar-refractivity contribution in [2.75, 3.05) is 11.1 Å². The number of thioether (sulfide) groups is 1. The topological polar surface area (TPSA) is 76.9 Å². The minimum atomic E-state index is -0.387. The lowest BCUT2D eigenvalue weighted by atomic mass is 10.2. The van der Waals surface area contributed by atoms with Gasteiger partial charge in [-0.2, -0.15) is 0 Å². The fourth-order valence-electron chi connectivity index (χ4n) is 2.92. The van der Waals surface area contributed by atoms with Gasteiger partial charge in [-0.05, 0) is 48.9 Å². The zero-order valence-electron chi connectivity index (χ0n) is 16.0. The van der Waals surface area contributed by atoms with E-state index >= 15 is 0 Å². The number of aromatic nitrogens is 3. The molecule has 4 aromatic rings. The lowest BCUT2D eigenvalue weighted by molar-refractivity contribution is -0.113. The van der Waals surface area contributed by atoms with Crippen molar-refractivity contribution in [1.82, 2.24) is 14.5 Å². The number of nitrogens with one attached hydrogen (secondary N) is 1. The fourth-order valence-corrected chi connectivity index (χ4v) is 3.73. The molecule has 0 aliphatic heterocycles. The summed E-state index contributed by atoms with van der Waals surface area (Å²) in [5.41, 5.74) is 1.75. The van der Waals surface area contributed by atoms with E-state index in [0.29, 0.717) is 33.0 Å². The van der Waals surface area contributed by atoms with Gasteiger partial charge in [-0.3, -0.25) is 19.1 Å². The zero-order valence-corrected chi connectivity index (χ0v) is 16.8. The van der Waals surface area contributed by atoms with E-state index in [1.807, 2.05) is 0 Å². The highest BCUT2D eigenvalue weighted by molar-refractivity contribution is 7.99. The van der Waals surface area contributed by atoms with Crippen LogP contribution in [0.15, 0.2) is 76.9 Å². The Balaban J connectivity index is 1.64. The van der Waals surface area contributed by atoms with Crippen molar-refractivity contribution in [2.24, 2.45) is 0 Å². The highest BCUT2D eigenvalue weighted by Crippen LogP contribution is 2.21. The molecule has 0 aliphatic rings. The van der Waals surface area contributed by atoms with Gasteiger partial charge in [-0.25, -0.2) is 9.37 Å². The van der Waals surface area contributed by atoms with Gasteiger partial charge in [-0.1, -0.05) is 30.0 Å². The number of hydrogen-bond donors (Lipinski definition) is 1. The van der Waals surface area contributed by atoms with Crippen LogP contribution in [0.25, 0.3) is 16.6 Å². The second-order valence-electron chi connectivity index (χ2n) is 6.56. The number of pyridine rings is 1. The summed E-state index contributed by atoms with van der Waals surface area (Å²) in [4.78, 5) is 34.1. The Labute approximate surface area is 175 Å². The van der Waals surface area contributed by atoms with Crippen molar-refractivity contribution in [3.05, 3.63) is 88.7 Å². The second kappa shape index (κ2) is 8.46.